The SMILES string of the molecule is O=C(/C=C/c1ccco1)NCC(O)c1cccc(OC(F)F)c1. The Morgan fingerprint density at radius 1 is 1.35 bits per heavy atom. The normalized spacial score (nSPS) is 12.5. The lowest BCUT2D eigenvalue weighted by Gasteiger charge is -2.13. The van der Waals surface area contributed by atoms with Crippen molar-refractivity contribution in [1.29, 1.82) is 0 Å². The first-order chi connectivity index (χ1) is 11.0. The highest BCUT2D eigenvalue weighted by Gasteiger charge is 2.11. The molecule has 0 saturated carbocycles. The summed E-state index contributed by atoms with van der Waals surface area (Å²) >= 11 is 0. The second-order valence-electron chi connectivity index (χ2n) is 4.56. The summed E-state index contributed by atoms with van der Waals surface area (Å²) in [6, 6.07) is 9.06. The lowest BCUT2D eigenvalue weighted by molar-refractivity contribution is -0.116. The van der Waals surface area contributed by atoms with E-state index < -0.39 is 18.6 Å². The lowest BCUT2D eigenvalue weighted by atomic mass is 10.1. The van der Waals surface area contributed by atoms with Gasteiger partial charge in [-0.25, -0.2) is 0 Å². The monoisotopic (exact) mass is 323 g/mol. The van der Waals surface area contributed by atoms with E-state index in [1.807, 2.05) is 0 Å². The summed E-state index contributed by atoms with van der Waals surface area (Å²) in [4.78, 5) is 11.6. The summed E-state index contributed by atoms with van der Waals surface area (Å²) in [5.41, 5.74) is 0.360. The van der Waals surface area contributed by atoms with E-state index in [1.165, 1.54) is 36.6 Å². The third-order valence-corrected chi connectivity index (χ3v) is 2.88. The van der Waals surface area contributed by atoms with Gasteiger partial charge < -0.3 is 19.6 Å². The Labute approximate surface area is 131 Å². The first kappa shape index (κ1) is 16.7. The molecular formula is C16H15F2NO4. The minimum absolute atomic E-state index is 0.0550. The predicted molar refractivity (Wildman–Crippen MR) is 78.8 cm³/mol. The molecule has 2 rings (SSSR count). The molecule has 0 saturated heterocycles. The molecule has 0 aliphatic heterocycles. The number of nitrogens with one attached hydrogen (secondary N) is 1. The van der Waals surface area contributed by atoms with Crippen LogP contribution in [0.5, 0.6) is 5.75 Å². The van der Waals surface area contributed by atoms with Crippen molar-refractivity contribution in [3.63, 3.8) is 0 Å². The predicted octanol–water partition coefficient (Wildman–Crippen LogP) is 2.74. The molecule has 2 N–H and O–H groups in total. The third-order valence-electron chi connectivity index (χ3n) is 2.88. The molecule has 23 heavy (non-hydrogen) atoms. The summed E-state index contributed by atoms with van der Waals surface area (Å²) in [6.07, 6.45) is 3.19. The molecule has 1 atom stereocenters. The van der Waals surface area contributed by atoms with Crippen molar-refractivity contribution < 1.29 is 27.8 Å². The number of furan rings is 1. The first-order valence-electron chi connectivity index (χ1n) is 6.77. The summed E-state index contributed by atoms with van der Waals surface area (Å²) in [5.74, 6) is 0.0542. The van der Waals surface area contributed by atoms with Gasteiger partial charge in [0, 0.05) is 12.6 Å². The molecule has 1 aromatic heterocycles. The number of rotatable bonds is 7. The molecule has 0 radical (unpaired) electrons. The Morgan fingerprint density at radius 2 is 2.17 bits per heavy atom. The van der Waals surface area contributed by atoms with Crippen molar-refractivity contribution >= 4 is 12.0 Å². The number of carbonyl (C=O) groups is 1. The quantitative estimate of drug-likeness (QED) is 0.769. The maximum atomic E-state index is 12.2. The molecule has 1 unspecified atom stereocenters. The number of hydrogen-bond donors (Lipinski definition) is 2. The highest BCUT2D eigenvalue weighted by atomic mass is 19.3. The molecule has 1 aromatic carbocycles. The van der Waals surface area contributed by atoms with Crippen LogP contribution in [0.3, 0.4) is 0 Å². The van der Waals surface area contributed by atoms with E-state index in [4.69, 9.17) is 4.42 Å². The molecule has 1 heterocycles. The smallest absolute Gasteiger partial charge is 0.387 e. The van der Waals surface area contributed by atoms with Crippen LogP contribution in [0.4, 0.5) is 8.78 Å². The van der Waals surface area contributed by atoms with Crippen LogP contribution in [0.1, 0.15) is 17.4 Å². The van der Waals surface area contributed by atoms with Gasteiger partial charge in [0.1, 0.15) is 11.5 Å². The number of benzene rings is 1. The molecule has 0 bridgehead atoms. The minimum atomic E-state index is -2.94. The van der Waals surface area contributed by atoms with Gasteiger partial charge in [-0.1, -0.05) is 12.1 Å². The topological polar surface area (TPSA) is 71.7 Å². The van der Waals surface area contributed by atoms with Crippen LogP contribution in [0.25, 0.3) is 6.08 Å². The summed E-state index contributed by atoms with van der Waals surface area (Å²) < 4.78 is 33.6. The molecule has 7 heteroatoms. The van der Waals surface area contributed by atoms with Gasteiger partial charge in [-0.05, 0) is 35.9 Å². The van der Waals surface area contributed by atoms with E-state index in [9.17, 15) is 18.7 Å². The summed E-state index contributed by atoms with van der Waals surface area (Å²) in [6.45, 7) is -3.01. The van der Waals surface area contributed by atoms with Crippen LogP contribution < -0.4 is 10.1 Å². The van der Waals surface area contributed by atoms with Crippen molar-refractivity contribution in [2.75, 3.05) is 6.54 Å². The van der Waals surface area contributed by atoms with E-state index in [1.54, 1.807) is 18.2 Å². The van der Waals surface area contributed by atoms with Crippen molar-refractivity contribution in [3.8, 4) is 5.75 Å². The Balaban J connectivity index is 1.86. The highest BCUT2D eigenvalue weighted by Crippen LogP contribution is 2.20. The van der Waals surface area contributed by atoms with Crippen molar-refractivity contribution in [2.45, 2.75) is 12.7 Å². The van der Waals surface area contributed by atoms with Crippen molar-refractivity contribution in [3.05, 3.63) is 60.1 Å². The van der Waals surface area contributed by atoms with Crippen molar-refractivity contribution in [2.24, 2.45) is 0 Å². The molecular weight excluding hydrogens is 308 g/mol. The first-order valence-corrected chi connectivity index (χ1v) is 6.77. The maximum absolute atomic E-state index is 12.2. The zero-order valence-electron chi connectivity index (χ0n) is 12.0. The number of aliphatic hydroxyl groups excluding tert-OH is 1. The van der Waals surface area contributed by atoms with Crippen LogP contribution >= 0.6 is 0 Å². The lowest BCUT2D eigenvalue weighted by Crippen LogP contribution is -2.26. The van der Waals surface area contributed by atoms with Gasteiger partial charge in [-0.15, -0.1) is 0 Å². The van der Waals surface area contributed by atoms with Gasteiger partial charge >= 0.3 is 6.61 Å². The average Bonchev–Trinajstić information content (AvgIpc) is 3.03. The van der Waals surface area contributed by atoms with Crippen LogP contribution in [-0.2, 0) is 4.79 Å². The maximum Gasteiger partial charge on any atom is 0.387 e. The Bertz CT molecular complexity index is 656. The number of aliphatic hydroxyl groups is 1. The molecule has 0 fully saturated rings. The number of halogens is 2. The van der Waals surface area contributed by atoms with Gasteiger partial charge in [0.15, 0.2) is 0 Å². The molecule has 0 spiro atoms. The van der Waals surface area contributed by atoms with Crippen LogP contribution in [0.2, 0.25) is 0 Å². The number of alkyl halides is 2. The Morgan fingerprint density at radius 3 is 2.87 bits per heavy atom. The molecule has 2 aromatic rings. The van der Waals surface area contributed by atoms with E-state index in [-0.39, 0.29) is 12.3 Å². The zero-order chi connectivity index (χ0) is 16.7. The van der Waals surface area contributed by atoms with Gasteiger partial charge in [-0.3, -0.25) is 4.79 Å². The zero-order valence-corrected chi connectivity index (χ0v) is 12.0. The second kappa shape index (κ2) is 8.09. The number of amides is 1. The fourth-order valence-corrected chi connectivity index (χ4v) is 1.82. The van der Waals surface area contributed by atoms with Crippen LogP contribution in [-0.4, -0.2) is 24.2 Å². The number of carbonyl (C=O) groups excluding carboxylic acids is 1. The van der Waals surface area contributed by atoms with Crippen LogP contribution in [0, 0.1) is 0 Å². The fraction of sp³-hybridized carbons (Fsp3) is 0.188. The molecule has 0 aliphatic carbocycles. The number of hydrogen-bond acceptors (Lipinski definition) is 4. The Kier molecular flexibility index (Phi) is 5.87. The molecule has 5 nitrogen and oxygen atoms in total. The number of ether oxygens (including phenoxy) is 1. The third kappa shape index (κ3) is 5.55. The average molecular weight is 323 g/mol. The van der Waals surface area contributed by atoms with E-state index in [0.717, 1.165) is 0 Å². The molecule has 0 aliphatic rings. The largest absolute Gasteiger partial charge is 0.465 e. The fourth-order valence-electron chi connectivity index (χ4n) is 1.82. The van der Waals surface area contributed by atoms with Gasteiger partial charge in [0.05, 0.1) is 12.4 Å². The Hall–Kier alpha value is -2.67. The summed E-state index contributed by atoms with van der Waals surface area (Å²) in [7, 11) is 0. The van der Waals surface area contributed by atoms with E-state index in [2.05, 4.69) is 10.1 Å². The van der Waals surface area contributed by atoms with E-state index in [0.29, 0.717) is 11.3 Å². The standard InChI is InChI=1S/C16H15F2NO4/c17-16(18)23-13-4-1-3-11(9-13)14(20)10-19-15(21)7-6-12-5-2-8-22-12/h1-9,14,16,20H,10H2,(H,19,21)/b7-6+. The van der Waals surface area contributed by atoms with E-state index >= 15 is 0 Å². The second-order valence-corrected chi connectivity index (χ2v) is 4.56. The minimum Gasteiger partial charge on any atom is -0.465 e. The van der Waals surface area contributed by atoms with Crippen LogP contribution in [0.15, 0.2) is 53.2 Å². The van der Waals surface area contributed by atoms with Gasteiger partial charge in [0.25, 0.3) is 0 Å². The van der Waals surface area contributed by atoms with Gasteiger partial charge in [-0.2, -0.15) is 8.78 Å². The highest BCUT2D eigenvalue weighted by molar-refractivity contribution is 5.91. The summed E-state index contributed by atoms with van der Waals surface area (Å²) in [5, 5.41) is 12.5. The van der Waals surface area contributed by atoms with Crippen molar-refractivity contribution in [1.82, 2.24) is 5.32 Å². The molecule has 122 valence electrons. The van der Waals surface area contributed by atoms with Gasteiger partial charge in [0.2, 0.25) is 5.91 Å². The molecule has 1 amide bonds.